The van der Waals surface area contributed by atoms with Crippen molar-refractivity contribution in [3.8, 4) is 0 Å². The van der Waals surface area contributed by atoms with Crippen LogP contribution in [-0.4, -0.2) is 48.9 Å². The summed E-state index contributed by atoms with van der Waals surface area (Å²) in [6, 6.07) is 0.307. The molecule has 0 spiro atoms. The van der Waals surface area contributed by atoms with E-state index in [1.165, 1.54) is 19.3 Å². The lowest BCUT2D eigenvalue weighted by Gasteiger charge is -2.33. The van der Waals surface area contributed by atoms with E-state index in [1.807, 2.05) is 0 Å². The monoisotopic (exact) mass is 372 g/mol. The first-order chi connectivity index (χ1) is 11.7. The number of hydrogen-bond acceptors (Lipinski definition) is 6. The van der Waals surface area contributed by atoms with E-state index in [-0.39, 0.29) is 30.2 Å². The quantitative estimate of drug-likeness (QED) is 0.790. The Kier molecular flexibility index (Phi) is 7.65. The molecule has 0 atom stereocenters. The summed E-state index contributed by atoms with van der Waals surface area (Å²) in [6.07, 6.45) is 7.81. The van der Waals surface area contributed by atoms with Crippen LogP contribution in [0.25, 0.3) is 0 Å². The average Bonchev–Trinajstić information content (AvgIpc) is 3.06. The molecule has 1 aliphatic heterocycles. The lowest BCUT2D eigenvalue weighted by Crippen LogP contribution is -2.43. The van der Waals surface area contributed by atoms with Crippen molar-refractivity contribution < 1.29 is 14.1 Å². The number of halogens is 1. The minimum atomic E-state index is -0.231. The van der Waals surface area contributed by atoms with Crippen molar-refractivity contribution in [3.05, 3.63) is 11.7 Å². The molecule has 1 aliphatic carbocycles. The predicted molar refractivity (Wildman–Crippen MR) is 95.9 cm³/mol. The van der Waals surface area contributed by atoms with Gasteiger partial charge in [-0.3, -0.25) is 4.79 Å². The fraction of sp³-hybridized carbons (Fsp3) is 0.824. The highest BCUT2D eigenvalue weighted by Crippen LogP contribution is 2.32. The molecule has 1 amide bonds. The number of carbonyl (C=O) groups excluding carboxylic acids is 1. The molecular weight excluding hydrogens is 344 g/mol. The third-order valence-corrected chi connectivity index (χ3v) is 5.19. The van der Waals surface area contributed by atoms with Crippen molar-refractivity contribution in [1.29, 1.82) is 0 Å². The van der Waals surface area contributed by atoms with Crippen molar-refractivity contribution in [2.45, 2.75) is 62.8 Å². The van der Waals surface area contributed by atoms with E-state index in [1.54, 1.807) is 7.11 Å². The summed E-state index contributed by atoms with van der Waals surface area (Å²) in [7, 11) is 1.69. The van der Waals surface area contributed by atoms with Crippen LogP contribution in [-0.2, 0) is 21.4 Å². The third-order valence-electron chi connectivity index (χ3n) is 5.19. The minimum Gasteiger partial charge on any atom is -0.384 e. The molecule has 2 heterocycles. The first-order valence-corrected chi connectivity index (χ1v) is 9.04. The maximum Gasteiger partial charge on any atom is 0.235 e. The van der Waals surface area contributed by atoms with Crippen LogP contribution in [0.1, 0.15) is 56.7 Å². The minimum absolute atomic E-state index is 0. The summed E-state index contributed by atoms with van der Waals surface area (Å²) >= 11 is 0. The molecule has 2 fully saturated rings. The Bertz CT molecular complexity index is 534. The average molecular weight is 373 g/mol. The van der Waals surface area contributed by atoms with Gasteiger partial charge in [0.25, 0.3) is 0 Å². The Morgan fingerprint density at radius 1 is 1.32 bits per heavy atom. The molecule has 2 N–H and O–H groups in total. The van der Waals surface area contributed by atoms with Gasteiger partial charge in [0, 0.05) is 13.2 Å². The van der Waals surface area contributed by atoms with Gasteiger partial charge in [0.2, 0.25) is 11.8 Å². The molecule has 1 aromatic heterocycles. The van der Waals surface area contributed by atoms with E-state index in [9.17, 15) is 4.79 Å². The van der Waals surface area contributed by atoms with Gasteiger partial charge in [0.05, 0.1) is 18.4 Å². The summed E-state index contributed by atoms with van der Waals surface area (Å²) in [5, 5.41) is 10.5. The van der Waals surface area contributed by atoms with Gasteiger partial charge in [-0.2, -0.15) is 4.98 Å². The molecule has 1 aromatic rings. The van der Waals surface area contributed by atoms with Crippen LogP contribution in [0.15, 0.2) is 4.52 Å². The van der Waals surface area contributed by atoms with Crippen LogP contribution in [0, 0.1) is 0 Å². The SMILES string of the molecule is COCC1(c2nc(CC(=O)NC3CCCCC3)no2)CCNCC1.Cl. The van der Waals surface area contributed by atoms with Gasteiger partial charge >= 0.3 is 0 Å². The summed E-state index contributed by atoms with van der Waals surface area (Å²) in [5.74, 6) is 1.05. The number of nitrogens with one attached hydrogen (secondary N) is 2. The largest absolute Gasteiger partial charge is 0.384 e. The predicted octanol–water partition coefficient (Wildman–Crippen LogP) is 1.75. The second kappa shape index (κ2) is 9.50. The number of aromatic nitrogens is 2. The summed E-state index contributed by atoms with van der Waals surface area (Å²) in [4.78, 5) is 16.7. The lowest BCUT2D eigenvalue weighted by molar-refractivity contribution is -0.121. The number of methoxy groups -OCH3 is 1. The zero-order chi connectivity index (χ0) is 16.8. The molecule has 142 valence electrons. The first kappa shape index (κ1) is 20.1. The van der Waals surface area contributed by atoms with Crippen molar-refractivity contribution in [2.75, 3.05) is 26.8 Å². The molecule has 3 rings (SSSR count). The van der Waals surface area contributed by atoms with E-state index in [0.29, 0.717) is 24.4 Å². The van der Waals surface area contributed by atoms with E-state index >= 15 is 0 Å². The van der Waals surface area contributed by atoms with Crippen molar-refractivity contribution in [3.63, 3.8) is 0 Å². The highest BCUT2D eigenvalue weighted by molar-refractivity contribution is 5.85. The molecule has 25 heavy (non-hydrogen) atoms. The van der Waals surface area contributed by atoms with Crippen LogP contribution < -0.4 is 10.6 Å². The number of carbonyl (C=O) groups is 1. The standard InChI is InChI=1S/C17H28N4O3.ClH/c1-23-12-17(7-9-18-10-8-17)16-20-14(21-24-16)11-15(22)19-13-5-3-2-4-6-13;/h13,18H,2-12H2,1H3,(H,19,22);1H. The Morgan fingerprint density at radius 2 is 2.04 bits per heavy atom. The van der Waals surface area contributed by atoms with Gasteiger partial charge in [0.1, 0.15) is 0 Å². The van der Waals surface area contributed by atoms with Crippen LogP contribution in [0.5, 0.6) is 0 Å². The zero-order valence-electron chi connectivity index (χ0n) is 14.9. The third kappa shape index (κ3) is 5.15. The smallest absolute Gasteiger partial charge is 0.235 e. The number of nitrogens with zero attached hydrogens (tertiary/aromatic N) is 2. The van der Waals surface area contributed by atoms with Gasteiger partial charge in [-0.05, 0) is 38.8 Å². The first-order valence-electron chi connectivity index (χ1n) is 9.04. The normalized spacial score (nSPS) is 20.7. The fourth-order valence-corrected chi connectivity index (χ4v) is 3.81. The van der Waals surface area contributed by atoms with Crippen molar-refractivity contribution in [1.82, 2.24) is 20.8 Å². The molecule has 0 radical (unpaired) electrons. The second-order valence-electron chi connectivity index (χ2n) is 7.06. The summed E-state index contributed by atoms with van der Waals surface area (Å²) < 4.78 is 10.9. The molecule has 7 nitrogen and oxygen atoms in total. The second-order valence-corrected chi connectivity index (χ2v) is 7.06. The van der Waals surface area contributed by atoms with E-state index < -0.39 is 0 Å². The van der Waals surface area contributed by atoms with E-state index in [4.69, 9.17) is 9.26 Å². The zero-order valence-corrected chi connectivity index (χ0v) is 15.7. The molecule has 0 bridgehead atoms. The van der Waals surface area contributed by atoms with Crippen molar-refractivity contribution in [2.24, 2.45) is 0 Å². The van der Waals surface area contributed by atoms with Gasteiger partial charge in [-0.15, -0.1) is 12.4 Å². The molecular formula is C17H29ClN4O3. The Hall–Kier alpha value is -1.18. The van der Waals surface area contributed by atoms with E-state index in [2.05, 4.69) is 20.8 Å². The molecule has 0 aromatic carbocycles. The van der Waals surface area contributed by atoms with Gasteiger partial charge in [-0.25, -0.2) is 0 Å². The Morgan fingerprint density at radius 3 is 2.72 bits per heavy atom. The van der Waals surface area contributed by atoms with Crippen molar-refractivity contribution >= 4 is 18.3 Å². The maximum atomic E-state index is 12.2. The number of hydrogen-bond donors (Lipinski definition) is 2. The lowest BCUT2D eigenvalue weighted by atomic mass is 9.79. The van der Waals surface area contributed by atoms with Crippen LogP contribution in [0.4, 0.5) is 0 Å². The van der Waals surface area contributed by atoms with Crippen LogP contribution >= 0.6 is 12.4 Å². The topological polar surface area (TPSA) is 89.3 Å². The van der Waals surface area contributed by atoms with Gasteiger partial charge in [-0.1, -0.05) is 24.4 Å². The van der Waals surface area contributed by atoms with Gasteiger partial charge < -0.3 is 19.9 Å². The van der Waals surface area contributed by atoms with Gasteiger partial charge in [0.15, 0.2) is 5.82 Å². The van der Waals surface area contributed by atoms with Crippen LogP contribution in [0.3, 0.4) is 0 Å². The molecule has 2 aliphatic rings. The van der Waals surface area contributed by atoms with E-state index in [0.717, 1.165) is 38.8 Å². The molecule has 8 heteroatoms. The molecule has 0 unspecified atom stereocenters. The maximum absolute atomic E-state index is 12.2. The summed E-state index contributed by atoms with van der Waals surface area (Å²) in [5.41, 5.74) is -0.231. The molecule has 1 saturated carbocycles. The number of rotatable bonds is 6. The summed E-state index contributed by atoms with van der Waals surface area (Å²) in [6.45, 7) is 2.37. The van der Waals surface area contributed by atoms with Crippen LogP contribution in [0.2, 0.25) is 0 Å². The number of piperidine rings is 1. The fourth-order valence-electron chi connectivity index (χ4n) is 3.81. The number of amides is 1. The Balaban J connectivity index is 0.00000225. The number of ether oxygens (including phenoxy) is 1. The highest BCUT2D eigenvalue weighted by atomic mass is 35.5. The molecule has 1 saturated heterocycles. The Labute approximate surface area is 155 Å². The highest BCUT2D eigenvalue weighted by Gasteiger charge is 2.39.